The third-order valence-corrected chi connectivity index (χ3v) is 4.03. The molecule has 1 aliphatic rings. The van der Waals surface area contributed by atoms with E-state index in [4.69, 9.17) is 0 Å². The molecule has 0 bridgehead atoms. The van der Waals surface area contributed by atoms with Crippen LogP contribution < -0.4 is 0 Å². The predicted octanol–water partition coefficient (Wildman–Crippen LogP) is 5.10. The van der Waals surface area contributed by atoms with Crippen LogP contribution in [0.3, 0.4) is 0 Å². The van der Waals surface area contributed by atoms with Gasteiger partial charge >= 0.3 is 6.18 Å². The van der Waals surface area contributed by atoms with Crippen LogP contribution in [0, 0.1) is 12.7 Å². The summed E-state index contributed by atoms with van der Waals surface area (Å²) in [5.41, 5.74) is 1.41. The van der Waals surface area contributed by atoms with Crippen LogP contribution in [0.5, 0.6) is 0 Å². The minimum Gasteiger partial charge on any atom is -0.207 e. The third-order valence-electron chi connectivity index (χ3n) is 4.03. The highest BCUT2D eigenvalue weighted by Gasteiger charge is 2.37. The first-order chi connectivity index (χ1) is 9.88. The van der Waals surface area contributed by atoms with Gasteiger partial charge in [0.15, 0.2) is 0 Å². The summed E-state index contributed by atoms with van der Waals surface area (Å²) in [7, 11) is 0. The van der Waals surface area contributed by atoms with Crippen molar-refractivity contribution in [2.24, 2.45) is 0 Å². The fraction of sp³-hybridized carbons (Fsp3) is 0.235. The molecule has 0 saturated heterocycles. The molecule has 0 saturated carbocycles. The Balaban J connectivity index is 2.12. The molecule has 1 aliphatic carbocycles. The number of fused-ring (bicyclic) bond motifs is 1. The van der Waals surface area contributed by atoms with Gasteiger partial charge in [-0.1, -0.05) is 24.3 Å². The second-order valence-corrected chi connectivity index (χ2v) is 5.32. The molecule has 0 spiro atoms. The van der Waals surface area contributed by atoms with E-state index < -0.39 is 17.6 Å². The lowest BCUT2D eigenvalue weighted by Crippen LogP contribution is -2.11. The molecule has 1 atom stereocenters. The monoisotopic (exact) mass is 293 g/mol. The van der Waals surface area contributed by atoms with E-state index in [1.807, 2.05) is 0 Å². The Morgan fingerprint density at radius 3 is 2.48 bits per heavy atom. The van der Waals surface area contributed by atoms with Crippen LogP contribution in [0.15, 0.2) is 36.4 Å². The predicted molar refractivity (Wildman–Crippen MR) is 72.5 cm³/mol. The topological polar surface area (TPSA) is 0 Å². The van der Waals surface area contributed by atoms with E-state index in [2.05, 4.69) is 6.92 Å². The lowest BCUT2D eigenvalue weighted by molar-refractivity contribution is -0.138. The summed E-state index contributed by atoms with van der Waals surface area (Å²) < 4.78 is 53.0. The zero-order valence-corrected chi connectivity index (χ0v) is 11.2. The highest BCUT2D eigenvalue weighted by Crippen LogP contribution is 2.44. The minimum atomic E-state index is -4.38. The van der Waals surface area contributed by atoms with Crippen molar-refractivity contribution in [2.45, 2.75) is 24.9 Å². The maximum Gasteiger partial charge on any atom is 0.416 e. The summed E-state index contributed by atoms with van der Waals surface area (Å²) in [6.45, 7) is 3.60. The third kappa shape index (κ3) is 2.43. The van der Waals surface area contributed by atoms with Crippen molar-refractivity contribution in [3.8, 4) is 0 Å². The Bertz CT molecular complexity index is 686. The number of rotatable bonds is 1. The van der Waals surface area contributed by atoms with Crippen molar-refractivity contribution in [3.63, 3.8) is 0 Å². The molecular formula is C17H13F4. The van der Waals surface area contributed by atoms with E-state index in [-0.39, 0.29) is 17.0 Å². The molecule has 1 radical (unpaired) electrons. The van der Waals surface area contributed by atoms with Gasteiger partial charge < -0.3 is 0 Å². The molecule has 0 aliphatic heterocycles. The standard InChI is InChI=1S/C17H13F4/c1-10-8-14-11(9-16(10)18)6-7-12(14)13-4-2-3-5-15(13)17(19,20)21/h2-5,8-9,12H,1,6-7H2. The van der Waals surface area contributed by atoms with Crippen LogP contribution in [-0.2, 0) is 12.6 Å². The maximum absolute atomic E-state index is 13.5. The SMILES string of the molecule is [CH2]c1cc2c(cc1F)CCC2c1ccccc1C(F)(F)F. The quantitative estimate of drug-likeness (QED) is 0.641. The molecule has 0 amide bonds. The molecule has 4 heteroatoms. The van der Waals surface area contributed by atoms with Gasteiger partial charge in [-0.15, -0.1) is 0 Å². The number of hydrogen-bond donors (Lipinski definition) is 0. The Labute approximate surface area is 120 Å². The van der Waals surface area contributed by atoms with E-state index in [1.54, 1.807) is 12.1 Å². The zero-order chi connectivity index (χ0) is 15.2. The van der Waals surface area contributed by atoms with Gasteiger partial charge in [0.2, 0.25) is 0 Å². The first-order valence-electron chi connectivity index (χ1n) is 6.68. The van der Waals surface area contributed by atoms with Crippen LogP contribution in [0.25, 0.3) is 0 Å². The van der Waals surface area contributed by atoms with Gasteiger partial charge in [0, 0.05) is 5.92 Å². The molecule has 2 aromatic carbocycles. The fourth-order valence-electron chi connectivity index (χ4n) is 3.06. The smallest absolute Gasteiger partial charge is 0.207 e. The van der Waals surface area contributed by atoms with Crippen molar-refractivity contribution in [3.05, 3.63) is 77.0 Å². The molecule has 0 N–H and O–H groups in total. The first kappa shape index (κ1) is 14.1. The van der Waals surface area contributed by atoms with Gasteiger partial charge in [0.25, 0.3) is 0 Å². The van der Waals surface area contributed by atoms with E-state index in [0.29, 0.717) is 12.8 Å². The maximum atomic E-state index is 13.5. The largest absolute Gasteiger partial charge is 0.416 e. The summed E-state index contributed by atoms with van der Waals surface area (Å²) in [6, 6.07) is 8.58. The first-order valence-corrected chi connectivity index (χ1v) is 6.68. The van der Waals surface area contributed by atoms with Crippen molar-refractivity contribution >= 4 is 0 Å². The molecule has 0 aromatic heterocycles. The van der Waals surface area contributed by atoms with E-state index in [0.717, 1.165) is 17.2 Å². The van der Waals surface area contributed by atoms with Crippen molar-refractivity contribution in [1.82, 2.24) is 0 Å². The van der Waals surface area contributed by atoms with Crippen molar-refractivity contribution in [1.29, 1.82) is 0 Å². The van der Waals surface area contributed by atoms with Gasteiger partial charge in [-0.25, -0.2) is 4.39 Å². The van der Waals surface area contributed by atoms with Gasteiger partial charge in [-0.3, -0.25) is 0 Å². The van der Waals surface area contributed by atoms with Crippen molar-refractivity contribution < 1.29 is 17.6 Å². The lowest BCUT2D eigenvalue weighted by atomic mass is 9.88. The van der Waals surface area contributed by atoms with Crippen LogP contribution in [0.4, 0.5) is 17.6 Å². The minimum absolute atomic E-state index is 0.227. The van der Waals surface area contributed by atoms with E-state index in [9.17, 15) is 17.6 Å². The Hall–Kier alpha value is -1.84. The number of hydrogen-bond acceptors (Lipinski definition) is 0. The van der Waals surface area contributed by atoms with Gasteiger partial charge in [0.1, 0.15) is 5.82 Å². The van der Waals surface area contributed by atoms with Crippen LogP contribution >= 0.6 is 0 Å². The highest BCUT2D eigenvalue weighted by atomic mass is 19.4. The Kier molecular flexibility index (Phi) is 3.27. The number of benzene rings is 2. The van der Waals surface area contributed by atoms with E-state index >= 15 is 0 Å². The second-order valence-electron chi connectivity index (χ2n) is 5.32. The average Bonchev–Trinajstić information content (AvgIpc) is 2.81. The highest BCUT2D eigenvalue weighted by molar-refractivity contribution is 5.48. The Morgan fingerprint density at radius 1 is 1.05 bits per heavy atom. The molecule has 109 valence electrons. The summed E-state index contributed by atoms with van der Waals surface area (Å²) in [5, 5.41) is 0. The average molecular weight is 293 g/mol. The summed E-state index contributed by atoms with van der Waals surface area (Å²) in [6.07, 6.45) is -3.23. The molecule has 0 fully saturated rings. The molecule has 3 rings (SSSR count). The van der Waals surface area contributed by atoms with Gasteiger partial charge in [-0.05, 0) is 54.2 Å². The van der Waals surface area contributed by atoms with Crippen LogP contribution in [-0.4, -0.2) is 0 Å². The summed E-state index contributed by atoms with van der Waals surface area (Å²) in [4.78, 5) is 0. The van der Waals surface area contributed by atoms with Crippen molar-refractivity contribution in [2.75, 3.05) is 0 Å². The summed E-state index contributed by atoms with van der Waals surface area (Å²) in [5.74, 6) is -0.752. The lowest BCUT2D eigenvalue weighted by Gasteiger charge is -2.19. The molecule has 0 nitrogen and oxygen atoms in total. The molecule has 21 heavy (non-hydrogen) atoms. The fourth-order valence-corrected chi connectivity index (χ4v) is 3.06. The molecule has 1 unspecified atom stereocenters. The normalized spacial score (nSPS) is 17.9. The second kappa shape index (κ2) is 4.86. The Morgan fingerprint density at radius 2 is 1.76 bits per heavy atom. The van der Waals surface area contributed by atoms with Crippen LogP contribution in [0.1, 0.15) is 40.2 Å². The van der Waals surface area contributed by atoms with E-state index in [1.165, 1.54) is 18.2 Å². The molecule has 0 heterocycles. The molecular weight excluding hydrogens is 280 g/mol. The van der Waals surface area contributed by atoms with Gasteiger partial charge in [-0.2, -0.15) is 13.2 Å². The van der Waals surface area contributed by atoms with Gasteiger partial charge in [0.05, 0.1) is 5.56 Å². The van der Waals surface area contributed by atoms with Crippen LogP contribution in [0.2, 0.25) is 0 Å². The summed E-state index contributed by atoms with van der Waals surface area (Å²) >= 11 is 0. The number of alkyl halides is 3. The number of halogens is 4. The number of aryl methyl sites for hydroxylation is 1. The zero-order valence-electron chi connectivity index (χ0n) is 11.2. The molecule has 2 aromatic rings.